The van der Waals surface area contributed by atoms with Gasteiger partial charge in [0.05, 0.1) is 24.2 Å². The van der Waals surface area contributed by atoms with E-state index in [0.29, 0.717) is 18.1 Å². The summed E-state index contributed by atoms with van der Waals surface area (Å²) in [7, 11) is 0. The van der Waals surface area contributed by atoms with Crippen molar-refractivity contribution < 1.29 is 9.53 Å². The molecule has 1 heterocycles. The first-order chi connectivity index (χ1) is 10.1. The summed E-state index contributed by atoms with van der Waals surface area (Å²) in [6, 6.07) is 6.12. The lowest BCUT2D eigenvalue weighted by Crippen LogP contribution is -2.09. The Hall–Kier alpha value is -1.62. The minimum absolute atomic E-state index is 0.283. The van der Waals surface area contributed by atoms with Crippen LogP contribution in [0, 0.1) is 6.92 Å². The number of rotatable bonds is 4. The number of ether oxygens (including phenoxy) is 1. The number of hydrogen-bond donors (Lipinski definition) is 0. The van der Waals surface area contributed by atoms with Crippen LogP contribution in [0.2, 0.25) is 0 Å². The van der Waals surface area contributed by atoms with Crippen molar-refractivity contribution in [1.29, 1.82) is 0 Å². The highest BCUT2D eigenvalue weighted by atomic mass is 79.9. The van der Waals surface area contributed by atoms with Crippen LogP contribution in [-0.4, -0.2) is 22.4 Å². The van der Waals surface area contributed by atoms with E-state index < -0.39 is 0 Å². The Bertz CT molecular complexity index is 690. The first kappa shape index (κ1) is 14.3. The van der Waals surface area contributed by atoms with Crippen LogP contribution >= 0.6 is 15.9 Å². The molecule has 0 radical (unpaired) electrons. The van der Waals surface area contributed by atoms with E-state index in [2.05, 4.69) is 27.1 Å². The van der Waals surface area contributed by atoms with Gasteiger partial charge in [-0.25, -0.2) is 9.48 Å². The highest BCUT2D eigenvalue weighted by Crippen LogP contribution is 2.43. The molecule has 5 heteroatoms. The quantitative estimate of drug-likeness (QED) is 0.784. The SMILES string of the molecule is CCOC(=O)c1cnn(-c2cc(C)ccc2Br)c1C1CC1. The molecule has 1 aromatic heterocycles. The van der Waals surface area contributed by atoms with Crippen LogP contribution in [0.25, 0.3) is 5.69 Å². The van der Waals surface area contributed by atoms with E-state index in [9.17, 15) is 4.79 Å². The van der Waals surface area contributed by atoms with E-state index in [1.165, 1.54) is 0 Å². The molecular formula is C16H17BrN2O2. The van der Waals surface area contributed by atoms with Crippen molar-refractivity contribution in [3.8, 4) is 5.69 Å². The molecule has 3 rings (SSSR count). The lowest BCUT2D eigenvalue weighted by Gasteiger charge is -2.11. The summed E-state index contributed by atoms with van der Waals surface area (Å²) >= 11 is 3.57. The first-order valence-electron chi connectivity index (χ1n) is 7.13. The topological polar surface area (TPSA) is 44.1 Å². The van der Waals surface area contributed by atoms with Gasteiger partial charge in [-0.05, 0) is 60.3 Å². The maximum atomic E-state index is 12.1. The number of esters is 1. The zero-order chi connectivity index (χ0) is 15.0. The smallest absolute Gasteiger partial charge is 0.341 e. The fourth-order valence-corrected chi connectivity index (χ4v) is 2.87. The third-order valence-corrected chi connectivity index (χ3v) is 4.27. The van der Waals surface area contributed by atoms with E-state index in [0.717, 1.165) is 34.3 Å². The Labute approximate surface area is 132 Å². The summed E-state index contributed by atoms with van der Waals surface area (Å²) in [6.07, 6.45) is 3.82. The molecule has 21 heavy (non-hydrogen) atoms. The molecule has 1 aliphatic rings. The van der Waals surface area contributed by atoms with Crippen molar-refractivity contribution in [3.05, 3.63) is 45.7 Å². The Morgan fingerprint density at radius 3 is 2.90 bits per heavy atom. The number of benzene rings is 1. The summed E-state index contributed by atoms with van der Waals surface area (Å²) in [4.78, 5) is 12.1. The first-order valence-corrected chi connectivity index (χ1v) is 7.92. The summed E-state index contributed by atoms with van der Waals surface area (Å²) in [5.41, 5.74) is 3.68. The molecule has 0 bridgehead atoms. The van der Waals surface area contributed by atoms with Crippen LogP contribution in [0.1, 0.15) is 47.3 Å². The Morgan fingerprint density at radius 2 is 2.24 bits per heavy atom. The van der Waals surface area contributed by atoms with Gasteiger partial charge in [0.1, 0.15) is 5.56 Å². The number of hydrogen-bond acceptors (Lipinski definition) is 3. The van der Waals surface area contributed by atoms with Crippen molar-refractivity contribution in [2.45, 2.75) is 32.6 Å². The largest absolute Gasteiger partial charge is 0.462 e. The molecule has 0 N–H and O–H groups in total. The fourth-order valence-electron chi connectivity index (χ4n) is 2.45. The molecule has 0 unspecified atom stereocenters. The molecule has 2 aromatic rings. The standard InChI is InChI=1S/C16H17BrN2O2/c1-3-21-16(20)12-9-18-19(15(12)11-5-6-11)14-8-10(2)4-7-13(14)17/h4,7-9,11H,3,5-6H2,1-2H3. The highest BCUT2D eigenvalue weighted by molar-refractivity contribution is 9.10. The van der Waals surface area contributed by atoms with E-state index in [4.69, 9.17) is 4.74 Å². The van der Waals surface area contributed by atoms with Crippen molar-refractivity contribution in [2.24, 2.45) is 0 Å². The van der Waals surface area contributed by atoms with Gasteiger partial charge in [0.15, 0.2) is 0 Å². The second kappa shape index (κ2) is 5.64. The van der Waals surface area contributed by atoms with Crippen LogP contribution in [0.15, 0.2) is 28.9 Å². The van der Waals surface area contributed by atoms with E-state index in [-0.39, 0.29) is 5.97 Å². The minimum Gasteiger partial charge on any atom is -0.462 e. The van der Waals surface area contributed by atoms with Gasteiger partial charge < -0.3 is 4.74 Å². The van der Waals surface area contributed by atoms with Crippen molar-refractivity contribution >= 4 is 21.9 Å². The number of nitrogens with zero attached hydrogens (tertiary/aromatic N) is 2. The zero-order valence-corrected chi connectivity index (χ0v) is 13.7. The van der Waals surface area contributed by atoms with Crippen LogP contribution in [0.3, 0.4) is 0 Å². The van der Waals surface area contributed by atoms with Gasteiger partial charge in [-0.1, -0.05) is 6.07 Å². The molecule has 1 saturated carbocycles. The Morgan fingerprint density at radius 1 is 1.48 bits per heavy atom. The van der Waals surface area contributed by atoms with Gasteiger partial charge in [0.25, 0.3) is 0 Å². The number of aryl methyl sites for hydroxylation is 1. The lowest BCUT2D eigenvalue weighted by molar-refractivity contribution is 0.0525. The minimum atomic E-state index is -0.283. The lowest BCUT2D eigenvalue weighted by atomic mass is 10.1. The zero-order valence-electron chi connectivity index (χ0n) is 12.1. The third kappa shape index (κ3) is 2.75. The summed E-state index contributed by atoms with van der Waals surface area (Å²) in [6.45, 7) is 4.24. The second-order valence-corrected chi connectivity index (χ2v) is 6.16. The van der Waals surface area contributed by atoms with Gasteiger partial charge >= 0.3 is 5.97 Å². The molecule has 0 saturated heterocycles. The monoisotopic (exact) mass is 348 g/mol. The molecule has 1 fully saturated rings. The van der Waals surface area contributed by atoms with Crippen LogP contribution in [0.5, 0.6) is 0 Å². The molecule has 0 aliphatic heterocycles. The van der Waals surface area contributed by atoms with Crippen LogP contribution < -0.4 is 0 Å². The molecule has 4 nitrogen and oxygen atoms in total. The van der Waals surface area contributed by atoms with Crippen molar-refractivity contribution in [1.82, 2.24) is 9.78 Å². The van der Waals surface area contributed by atoms with Gasteiger partial charge in [-0.3, -0.25) is 0 Å². The predicted octanol–water partition coefficient (Wildman–Crippen LogP) is 4.00. The normalized spacial score (nSPS) is 14.2. The van der Waals surface area contributed by atoms with E-state index in [1.54, 1.807) is 6.20 Å². The second-order valence-electron chi connectivity index (χ2n) is 5.30. The molecule has 0 spiro atoms. The summed E-state index contributed by atoms with van der Waals surface area (Å²) < 4.78 is 7.99. The summed E-state index contributed by atoms with van der Waals surface area (Å²) in [5.74, 6) is 0.119. The fraction of sp³-hybridized carbons (Fsp3) is 0.375. The van der Waals surface area contributed by atoms with E-state index >= 15 is 0 Å². The molecule has 0 amide bonds. The van der Waals surface area contributed by atoms with Crippen molar-refractivity contribution in [3.63, 3.8) is 0 Å². The van der Waals surface area contributed by atoms with Gasteiger partial charge in [0, 0.05) is 10.4 Å². The maximum absolute atomic E-state index is 12.1. The van der Waals surface area contributed by atoms with Crippen LogP contribution in [-0.2, 0) is 4.74 Å². The molecular weight excluding hydrogens is 332 g/mol. The molecule has 1 aromatic carbocycles. The van der Waals surface area contributed by atoms with Gasteiger partial charge in [-0.15, -0.1) is 0 Å². The van der Waals surface area contributed by atoms with Crippen LogP contribution in [0.4, 0.5) is 0 Å². The average molecular weight is 349 g/mol. The Kier molecular flexibility index (Phi) is 3.85. The molecule has 1 aliphatic carbocycles. The molecule has 0 atom stereocenters. The Balaban J connectivity index is 2.11. The number of carbonyl (C=O) groups is 1. The molecule has 110 valence electrons. The van der Waals surface area contributed by atoms with Gasteiger partial charge in [-0.2, -0.15) is 5.10 Å². The summed E-state index contributed by atoms with van der Waals surface area (Å²) in [5, 5.41) is 4.44. The number of aromatic nitrogens is 2. The predicted molar refractivity (Wildman–Crippen MR) is 83.9 cm³/mol. The third-order valence-electron chi connectivity index (χ3n) is 3.60. The van der Waals surface area contributed by atoms with Gasteiger partial charge in [0.2, 0.25) is 0 Å². The maximum Gasteiger partial charge on any atom is 0.341 e. The number of halogens is 1. The van der Waals surface area contributed by atoms with Crippen molar-refractivity contribution in [2.75, 3.05) is 6.61 Å². The van der Waals surface area contributed by atoms with E-state index in [1.807, 2.05) is 30.7 Å². The highest BCUT2D eigenvalue weighted by Gasteiger charge is 2.33. The average Bonchev–Trinajstić information content (AvgIpc) is 3.20. The number of carbonyl (C=O) groups excluding carboxylic acids is 1.